The average molecular weight is 449 g/mol. The monoisotopic (exact) mass is 448 g/mol. The van der Waals surface area contributed by atoms with Gasteiger partial charge < -0.3 is 4.90 Å². The second-order valence-corrected chi connectivity index (χ2v) is 10.6. The van der Waals surface area contributed by atoms with Crippen LogP contribution in [0.25, 0.3) is 0 Å². The molecule has 2 aliphatic rings. The van der Waals surface area contributed by atoms with Crippen molar-refractivity contribution in [2.75, 3.05) is 16.4 Å². The molecule has 2 aliphatic heterocycles. The van der Waals surface area contributed by atoms with Crippen molar-refractivity contribution in [3.63, 3.8) is 0 Å². The van der Waals surface area contributed by atoms with E-state index < -0.39 is 21.7 Å². The molecule has 136 valence electrons. The molecule has 0 bridgehead atoms. The van der Waals surface area contributed by atoms with Crippen LogP contribution in [0.15, 0.2) is 27.7 Å². The maximum atomic E-state index is 14.5. The predicted octanol–water partition coefficient (Wildman–Crippen LogP) is 3.24. The Bertz CT molecular complexity index is 844. The van der Waals surface area contributed by atoms with Crippen LogP contribution in [0.1, 0.15) is 20.3 Å². The molecule has 0 unspecified atom stereocenters. The van der Waals surface area contributed by atoms with Crippen LogP contribution in [-0.2, 0) is 14.6 Å². The lowest BCUT2D eigenvalue weighted by Gasteiger charge is -2.25. The van der Waals surface area contributed by atoms with Crippen LogP contribution >= 0.6 is 27.7 Å². The van der Waals surface area contributed by atoms with Crippen molar-refractivity contribution >= 4 is 54.3 Å². The second-order valence-electron chi connectivity index (χ2n) is 6.31. The zero-order valence-electron chi connectivity index (χ0n) is 13.8. The van der Waals surface area contributed by atoms with Gasteiger partial charge in [0.25, 0.3) is 5.91 Å². The SMILES string of the molecule is CC[C@@H](C)C(=O)N=C1S[C@H]2CS(=O)(=O)C[C@@H]2N1c1ccc(Br)cc1F. The Labute approximate surface area is 159 Å². The predicted molar refractivity (Wildman–Crippen MR) is 102 cm³/mol. The van der Waals surface area contributed by atoms with E-state index in [-0.39, 0.29) is 34.3 Å². The van der Waals surface area contributed by atoms with Gasteiger partial charge in [-0.2, -0.15) is 4.99 Å². The second kappa shape index (κ2) is 7.00. The number of sulfone groups is 1. The molecule has 0 aliphatic carbocycles. The Morgan fingerprint density at radius 1 is 1.48 bits per heavy atom. The number of hydrogen-bond acceptors (Lipinski definition) is 4. The number of nitrogens with zero attached hydrogens (tertiary/aromatic N) is 2. The van der Waals surface area contributed by atoms with Crippen molar-refractivity contribution in [1.29, 1.82) is 0 Å². The number of rotatable bonds is 3. The number of hydrogen-bond donors (Lipinski definition) is 0. The molecule has 2 saturated heterocycles. The number of amides is 1. The molecule has 1 aromatic rings. The summed E-state index contributed by atoms with van der Waals surface area (Å²) in [5, 5.41) is 0.146. The number of carbonyl (C=O) groups excluding carboxylic acids is 1. The third kappa shape index (κ3) is 3.78. The molecule has 0 spiro atoms. The van der Waals surface area contributed by atoms with E-state index in [9.17, 15) is 17.6 Å². The van der Waals surface area contributed by atoms with Crippen molar-refractivity contribution in [2.45, 2.75) is 31.6 Å². The number of amidine groups is 1. The molecule has 0 saturated carbocycles. The highest BCUT2D eigenvalue weighted by atomic mass is 79.9. The summed E-state index contributed by atoms with van der Waals surface area (Å²) in [6, 6.07) is 4.18. The molecule has 1 amide bonds. The zero-order chi connectivity index (χ0) is 18.4. The molecule has 0 N–H and O–H groups in total. The van der Waals surface area contributed by atoms with E-state index in [0.717, 1.165) is 0 Å². The largest absolute Gasteiger partial charge is 0.313 e. The van der Waals surface area contributed by atoms with Crippen LogP contribution in [0.4, 0.5) is 10.1 Å². The summed E-state index contributed by atoms with van der Waals surface area (Å²) < 4.78 is 39.1. The molecule has 0 radical (unpaired) electrons. The van der Waals surface area contributed by atoms with E-state index in [1.807, 2.05) is 6.92 Å². The summed E-state index contributed by atoms with van der Waals surface area (Å²) in [4.78, 5) is 18.0. The van der Waals surface area contributed by atoms with E-state index in [4.69, 9.17) is 0 Å². The van der Waals surface area contributed by atoms with Crippen LogP contribution in [0, 0.1) is 11.7 Å². The van der Waals surface area contributed by atoms with Gasteiger partial charge in [0.1, 0.15) is 5.82 Å². The molecule has 5 nitrogen and oxygen atoms in total. The first kappa shape index (κ1) is 18.8. The van der Waals surface area contributed by atoms with E-state index in [1.54, 1.807) is 24.0 Å². The smallest absolute Gasteiger partial charge is 0.250 e. The number of fused-ring (bicyclic) bond motifs is 1. The molecule has 2 fully saturated rings. The van der Waals surface area contributed by atoms with Gasteiger partial charge in [-0.25, -0.2) is 12.8 Å². The number of anilines is 1. The first-order chi connectivity index (χ1) is 11.7. The molecular formula is C16H18BrFN2O3S2. The van der Waals surface area contributed by atoms with Crippen molar-refractivity contribution in [2.24, 2.45) is 10.9 Å². The van der Waals surface area contributed by atoms with Gasteiger partial charge in [0.2, 0.25) is 0 Å². The Kier molecular flexibility index (Phi) is 5.28. The Balaban J connectivity index is 2.04. The first-order valence-corrected chi connectivity index (χ1v) is 11.4. The Morgan fingerprint density at radius 3 is 2.84 bits per heavy atom. The zero-order valence-corrected chi connectivity index (χ0v) is 17.0. The van der Waals surface area contributed by atoms with Gasteiger partial charge in [0.15, 0.2) is 15.0 Å². The van der Waals surface area contributed by atoms with Crippen LogP contribution < -0.4 is 4.90 Å². The van der Waals surface area contributed by atoms with Crippen molar-refractivity contribution in [1.82, 2.24) is 0 Å². The normalized spacial score (nSPS) is 27.5. The highest BCUT2D eigenvalue weighted by Crippen LogP contribution is 2.42. The topological polar surface area (TPSA) is 66.8 Å². The van der Waals surface area contributed by atoms with Crippen molar-refractivity contribution in [3.05, 3.63) is 28.5 Å². The number of carbonyl (C=O) groups is 1. The van der Waals surface area contributed by atoms with E-state index in [2.05, 4.69) is 20.9 Å². The third-order valence-electron chi connectivity index (χ3n) is 4.48. The highest BCUT2D eigenvalue weighted by molar-refractivity contribution is 9.10. The van der Waals surface area contributed by atoms with Gasteiger partial charge in [-0.1, -0.05) is 41.5 Å². The quantitative estimate of drug-likeness (QED) is 0.709. The lowest BCUT2D eigenvalue weighted by atomic mass is 10.1. The molecular weight excluding hydrogens is 431 g/mol. The minimum absolute atomic E-state index is 0.0214. The maximum absolute atomic E-state index is 14.5. The van der Waals surface area contributed by atoms with Crippen LogP contribution in [0.5, 0.6) is 0 Å². The molecule has 9 heteroatoms. The lowest BCUT2D eigenvalue weighted by molar-refractivity contribution is -0.121. The van der Waals surface area contributed by atoms with E-state index in [1.165, 1.54) is 17.8 Å². The fraction of sp³-hybridized carbons (Fsp3) is 0.500. The minimum Gasteiger partial charge on any atom is -0.313 e. The average Bonchev–Trinajstić information content (AvgIpc) is 2.98. The molecule has 2 heterocycles. The first-order valence-electron chi connectivity index (χ1n) is 7.95. The van der Waals surface area contributed by atoms with Gasteiger partial charge in [-0.3, -0.25) is 4.79 Å². The molecule has 3 atom stereocenters. The summed E-state index contributed by atoms with van der Waals surface area (Å²) in [7, 11) is -3.17. The van der Waals surface area contributed by atoms with Gasteiger partial charge in [0, 0.05) is 15.6 Å². The number of aliphatic imine (C=N–C) groups is 1. The fourth-order valence-electron chi connectivity index (χ4n) is 2.90. The van der Waals surface area contributed by atoms with Crippen LogP contribution in [0.3, 0.4) is 0 Å². The highest BCUT2D eigenvalue weighted by Gasteiger charge is 2.50. The van der Waals surface area contributed by atoms with Gasteiger partial charge >= 0.3 is 0 Å². The summed E-state index contributed by atoms with van der Waals surface area (Å²) in [5.41, 5.74) is 0.246. The summed E-state index contributed by atoms with van der Waals surface area (Å²) in [6.07, 6.45) is 0.661. The van der Waals surface area contributed by atoms with E-state index in [0.29, 0.717) is 16.1 Å². The minimum atomic E-state index is -3.17. The van der Waals surface area contributed by atoms with Crippen molar-refractivity contribution < 1.29 is 17.6 Å². The van der Waals surface area contributed by atoms with Crippen LogP contribution in [0.2, 0.25) is 0 Å². The summed E-state index contributed by atoms with van der Waals surface area (Å²) in [6.45, 7) is 3.69. The van der Waals surface area contributed by atoms with E-state index >= 15 is 0 Å². The number of thioether (sulfide) groups is 1. The van der Waals surface area contributed by atoms with Crippen LogP contribution in [-0.4, -0.2) is 42.3 Å². The fourth-order valence-corrected chi connectivity index (χ4v) is 7.15. The Hall–Kier alpha value is -0.930. The molecule has 0 aromatic heterocycles. The van der Waals surface area contributed by atoms with Gasteiger partial charge in [0.05, 0.1) is 23.2 Å². The number of benzene rings is 1. The summed E-state index contributed by atoms with van der Waals surface area (Å²) in [5.74, 6) is -1.02. The standard InChI is InChI=1S/C16H18BrFN2O3S2/c1-3-9(2)15(21)19-16-20(12-5-4-10(17)6-11(12)18)13-7-25(22,23)8-14(13)24-16/h4-6,9,13-14H,3,7-8H2,1-2H3/t9-,13+,14+/m1/s1. The van der Waals surface area contributed by atoms with Gasteiger partial charge in [-0.05, 0) is 24.6 Å². The molecule has 1 aromatic carbocycles. The summed E-state index contributed by atoms with van der Waals surface area (Å²) >= 11 is 4.47. The Morgan fingerprint density at radius 2 is 2.20 bits per heavy atom. The number of halogens is 2. The third-order valence-corrected chi connectivity index (χ3v) is 8.18. The van der Waals surface area contributed by atoms with Gasteiger partial charge in [-0.15, -0.1) is 0 Å². The van der Waals surface area contributed by atoms with Crippen molar-refractivity contribution in [3.8, 4) is 0 Å². The maximum Gasteiger partial charge on any atom is 0.250 e. The molecule has 3 rings (SSSR count). The lowest BCUT2D eigenvalue weighted by Crippen LogP contribution is -2.38. The molecule has 25 heavy (non-hydrogen) atoms.